The Morgan fingerprint density at radius 1 is 1.10 bits per heavy atom. The van der Waals surface area contributed by atoms with Gasteiger partial charge in [-0.25, -0.2) is 4.79 Å². The summed E-state index contributed by atoms with van der Waals surface area (Å²) >= 11 is 0. The van der Waals surface area contributed by atoms with Gasteiger partial charge in [0.15, 0.2) is 0 Å². The molecular formula is C17H16O3. The van der Waals surface area contributed by atoms with E-state index >= 15 is 0 Å². The van der Waals surface area contributed by atoms with Gasteiger partial charge in [-0.2, -0.15) is 0 Å². The van der Waals surface area contributed by atoms with Gasteiger partial charge in [0.1, 0.15) is 12.4 Å². The van der Waals surface area contributed by atoms with E-state index in [1.807, 2.05) is 30.3 Å². The molecule has 0 aliphatic heterocycles. The van der Waals surface area contributed by atoms with Crippen LogP contribution in [0.25, 0.3) is 0 Å². The quantitative estimate of drug-likeness (QED) is 0.813. The lowest BCUT2D eigenvalue weighted by molar-refractivity contribution is 0.0694. The SMILES string of the molecule is C=CCc1ccccc1OCc1ccccc1C(=O)O. The van der Waals surface area contributed by atoms with Crippen molar-refractivity contribution in [2.75, 3.05) is 0 Å². The van der Waals surface area contributed by atoms with E-state index in [2.05, 4.69) is 6.58 Å². The van der Waals surface area contributed by atoms with Crippen LogP contribution >= 0.6 is 0 Å². The smallest absolute Gasteiger partial charge is 0.336 e. The highest BCUT2D eigenvalue weighted by atomic mass is 16.5. The number of aromatic carboxylic acids is 1. The van der Waals surface area contributed by atoms with Crippen LogP contribution in [0.15, 0.2) is 61.2 Å². The summed E-state index contributed by atoms with van der Waals surface area (Å²) in [7, 11) is 0. The summed E-state index contributed by atoms with van der Waals surface area (Å²) in [6, 6.07) is 14.5. The number of carbonyl (C=O) groups is 1. The molecule has 0 unspecified atom stereocenters. The first-order chi connectivity index (χ1) is 9.72. The fourth-order valence-electron chi connectivity index (χ4n) is 1.98. The van der Waals surface area contributed by atoms with Crippen molar-refractivity contribution in [1.82, 2.24) is 0 Å². The molecule has 0 aliphatic rings. The van der Waals surface area contributed by atoms with Gasteiger partial charge in [0, 0.05) is 5.56 Å². The molecule has 20 heavy (non-hydrogen) atoms. The molecule has 0 saturated carbocycles. The Kier molecular flexibility index (Phi) is 4.56. The van der Waals surface area contributed by atoms with Gasteiger partial charge in [-0.1, -0.05) is 42.5 Å². The van der Waals surface area contributed by atoms with Gasteiger partial charge in [-0.05, 0) is 24.1 Å². The van der Waals surface area contributed by atoms with Gasteiger partial charge in [0.25, 0.3) is 0 Å². The van der Waals surface area contributed by atoms with Crippen LogP contribution in [0.3, 0.4) is 0 Å². The van der Waals surface area contributed by atoms with E-state index in [1.54, 1.807) is 24.3 Å². The number of benzene rings is 2. The topological polar surface area (TPSA) is 46.5 Å². The molecule has 0 aromatic heterocycles. The first kappa shape index (κ1) is 13.9. The van der Waals surface area contributed by atoms with E-state index in [0.717, 1.165) is 17.7 Å². The normalized spacial score (nSPS) is 10.0. The van der Waals surface area contributed by atoms with Crippen LogP contribution in [0.1, 0.15) is 21.5 Å². The van der Waals surface area contributed by atoms with E-state index in [9.17, 15) is 4.79 Å². The summed E-state index contributed by atoms with van der Waals surface area (Å²) in [6.45, 7) is 3.95. The molecule has 2 aromatic rings. The van der Waals surface area contributed by atoms with Crippen molar-refractivity contribution in [3.63, 3.8) is 0 Å². The monoisotopic (exact) mass is 268 g/mol. The average Bonchev–Trinajstić information content (AvgIpc) is 2.47. The Hall–Kier alpha value is -2.55. The lowest BCUT2D eigenvalue weighted by atomic mass is 10.1. The average molecular weight is 268 g/mol. The molecule has 0 amide bonds. The molecule has 0 radical (unpaired) electrons. The number of rotatable bonds is 6. The number of allylic oxidation sites excluding steroid dienone is 1. The molecular weight excluding hydrogens is 252 g/mol. The number of hydrogen-bond acceptors (Lipinski definition) is 2. The van der Waals surface area contributed by atoms with E-state index < -0.39 is 5.97 Å². The van der Waals surface area contributed by atoms with E-state index in [-0.39, 0.29) is 12.2 Å². The van der Waals surface area contributed by atoms with Crippen LogP contribution in [0.5, 0.6) is 5.75 Å². The maximum absolute atomic E-state index is 11.1. The summed E-state index contributed by atoms with van der Waals surface area (Å²) in [5.74, 6) is -0.184. The molecule has 0 fully saturated rings. The number of carboxylic acids is 1. The Labute approximate surface area is 118 Å². The van der Waals surface area contributed by atoms with Gasteiger partial charge < -0.3 is 9.84 Å². The predicted octanol–water partition coefficient (Wildman–Crippen LogP) is 3.69. The minimum absolute atomic E-state index is 0.233. The van der Waals surface area contributed by atoms with Crippen molar-refractivity contribution in [2.45, 2.75) is 13.0 Å². The molecule has 0 aliphatic carbocycles. The van der Waals surface area contributed by atoms with Crippen LogP contribution in [0, 0.1) is 0 Å². The molecule has 0 bridgehead atoms. The third kappa shape index (κ3) is 3.26. The van der Waals surface area contributed by atoms with E-state index in [4.69, 9.17) is 9.84 Å². The predicted molar refractivity (Wildman–Crippen MR) is 78.1 cm³/mol. The zero-order chi connectivity index (χ0) is 14.4. The zero-order valence-corrected chi connectivity index (χ0v) is 11.1. The second-order valence-corrected chi connectivity index (χ2v) is 4.35. The Morgan fingerprint density at radius 3 is 2.45 bits per heavy atom. The van der Waals surface area contributed by atoms with Gasteiger partial charge in [-0.3, -0.25) is 0 Å². The first-order valence-corrected chi connectivity index (χ1v) is 6.35. The van der Waals surface area contributed by atoms with Crippen LogP contribution in [-0.4, -0.2) is 11.1 Å². The third-order valence-corrected chi connectivity index (χ3v) is 2.97. The lowest BCUT2D eigenvalue weighted by Gasteiger charge is -2.11. The van der Waals surface area contributed by atoms with Crippen molar-refractivity contribution >= 4 is 5.97 Å². The third-order valence-electron chi connectivity index (χ3n) is 2.97. The molecule has 102 valence electrons. The summed E-state index contributed by atoms with van der Waals surface area (Å²) in [5, 5.41) is 9.13. The zero-order valence-electron chi connectivity index (χ0n) is 11.1. The Bertz CT molecular complexity index is 617. The molecule has 0 spiro atoms. The van der Waals surface area contributed by atoms with Gasteiger partial charge in [0.2, 0.25) is 0 Å². The summed E-state index contributed by atoms with van der Waals surface area (Å²) in [6.07, 6.45) is 2.53. The summed E-state index contributed by atoms with van der Waals surface area (Å²) in [4.78, 5) is 11.1. The molecule has 0 heterocycles. The molecule has 0 atom stereocenters. The van der Waals surface area contributed by atoms with Crippen molar-refractivity contribution in [3.8, 4) is 5.75 Å². The van der Waals surface area contributed by atoms with E-state index in [1.165, 1.54) is 0 Å². The minimum atomic E-state index is -0.941. The Morgan fingerprint density at radius 2 is 1.75 bits per heavy atom. The van der Waals surface area contributed by atoms with Crippen LogP contribution in [0.4, 0.5) is 0 Å². The minimum Gasteiger partial charge on any atom is -0.489 e. The van der Waals surface area contributed by atoms with Gasteiger partial charge in [0.05, 0.1) is 5.56 Å². The number of carboxylic acid groups (broad SMARTS) is 1. The van der Waals surface area contributed by atoms with E-state index in [0.29, 0.717) is 5.56 Å². The molecule has 2 rings (SSSR count). The number of ether oxygens (including phenoxy) is 1. The second kappa shape index (κ2) is 6.57. The van der Waals surface area contributed by atoms with Crippen molar-refractivity contribution in [3.05, 3.63) is 77.9 Å². The molecule has 3 nitrogen and oxygen atoms in total. The maximum Gasteiger partial charge on any atom is 0.336 e. The first-order valence-electron chi connectivity index (χ1n) is 6.35. The van der Waals surface area contributed by atoms with Crippen LogP contribution < -0.4 is 4.74 Å². The highest BCUT2D eigenvalue weighted by Crippen LogP contribution is 2.21. The van der Waals surface area contributed by atoms with Crippen molar-refractivity contribution in [2.24, 2.45) is 0 Å². The largest absolute Gasteiger partial charge is 0.489 e. The van der Waals surface area contributed by atoms with Crippen LogP contribution in [-0.2, 0) is 13.0 Å². The molecule has 0 saturated heterocycles. The molecule has 2 aromatic carbocycles. The fourth-order valence-corrected chi connectivity index (χ4v) is 1.98. The highest BCUT2D eigenvalue weighted by molar-refractivity contribution is 5.89. The Balaban J connectivity index is 2.17. The number of hydrogen-bond donors (Lipinski definition) is 1. The maximum atomic E-state index is 11.1. The summed E-state index contributed by atoms with van der Waals surface area (Å²) < 4.78 is 5.76. The van der Waals surface area contributed by atoms with Crippen molar-refractivity contribution < 1.29 is 14.6 Å². The molecule has 1 N–H and O–H groups in total. The standard InChI is InChI=1S/C17H16O3/c1-2-7-13-8-4-6-11-16(13)20-12-14-9-3-5-10-15(14)17(18)19/h2-6,8-11H,1,7,12H2,(H,18,19). The second-order valence-electron chi connectivity index (χ2n) is 4.35. The van der Waals surface area contributed by atoms with Gasteiger partial charge in [-0.15, -0.1) is 6.58 Å². The summed E-state index contributed by atoms with van der Waals surface area (Å²) in [5.41, 5.74) is 1.97. The fraction of sp³-hybridized carbons (Fsp3) is 0.118. The van der Waals surface area contributed by atoms with Crippen LogP contribution in [0.2, 0.25) is 0 Å². The lowest BCUT2D eigenvalue weighted by Crippen LogP contribution is -2.06. The van der Waals surface area contributed by atoms with Gasteiger partial charge >= 0.3 is 5.97 Å². The van der Waals surface area contributed by atoms with Crippen molar-refractivity contribution in [1.29, 1.82) is 0 Å². The number of para-hydroxylation sites is 1. The highest BCUT2D eigenvalue weighted by Gasteiger charge is 2.10. The molecule has 3 heteroatoms.